The molecule has 0 saturated carbocycles. The maximum absolute atomic E-state index is 13.0. The molecule has 0 saturated heterocycles. The number of ether oxygens (including phenoxy) is 1. The third-order valence-electron chi connectivity index (χ3n) is 5.06. The molecule has 1 aromatic heterocycles. The number of halogens is 1. The normalized spacial score (nSPS) is 11.3. The summed E-state index contributed by atoms with van der Waals surface area (Å²) in [6, 6.07) is 7.60. The van der Waals surface area contributed by atoms with Crippen LogP contribution in [0.15, 0.2) is 39.5 Å². The van der Waals surface area contributed by atoms with Crippen molar-refractivity contribution in [3.63, 3.8) is 0 Å². The average molecular weight is 523 g/mol. The summed E-state index contributed by atoms with van der Waals surface area (Å²) < 4.78 is 38.8. The molecule has 186 valence electrons. The monoisotopic (exact) mass is 522 g/mol. The molecule has 11 nitrogen and oxygen atoms in total. The second-order valence-corrected chi connectivity index (χ2v) is 9.77. The molecule has 3 rings (SSSR count). The van der Waals surface area contributed by atoms with E-state index in [1.165, 1.54) is 51.2 Å². The number of carbonyl (C=O) groups excluding carboxylic acids is 2. The summed E-state index contributed by atoms with van der Waals surface area (Å²) in [6.45, 7) is 1.53. The number of hydrogen-bond donors (Lipinski definition) is 3. The maximum atomic E-state index is 13.0. The highest BCUT2D eigenvalue weighted by Crippen LogP contribution is 2.37. The minimum absolute atomic E-state index is 0.00552. The first kappa shape index (κ1) is 26.0. The van der Waals surface area contributed by atoms with Crippen LogP contribution in [0.4, 0.5) is 10.5 Å². The number of carbonyl (C=O) groups is 2. The smallest absolute Gasteiger partial charge is 0.414 e. The molecule has 35 heavy (non-hydrogen) atoms. The Bertz CT molecular complexity index is 1500. The maximum Gasteiger partial charge on any atom is 0.414 e. The van der Waals surface area contributed by atoms with E-state index in [4.69, 9.17) is 26.5 Å². The molecule has 0 bridgehead atoms. The second kappa shape index (κ2) is 9.94. The van der Waals surface area contributed by atoms with Crippen molar-refractivity contribution in [3.05, 3.63) is 68.0 Å². The van der Waals surface area contributed by atoms with Gasteiger partial charge in [-0.05, 0) is 30.7 Å². The minimum Gasteiger partial charge on any atom is -0.422 e. The van der Waals surface area contributed by atoms with Crippen molar-refractivity contribution in [2.24, 2.45) is 5.73 Å². The third-order valence-corrected chi connectivity index (χ3v) is 6.38. The number of anilines is 1. The van der Waals surface area contributed by atoms with E-state index in [0.29, 0.717) is 5.56 Å². The fourth-order valence-corrected chi connectivity index (χ4v) is 4.21. The van der Waals surface area contributed by atoms with E-state index in [9.17, 15) is 22.8 Å². The molecule has 0 aliphatic carbocycles. The zero-order valence-corrected chi connectivity index (χ0v) is 20.8. The van der Waals surface area contributed by atoms with E-state index in [-0.39, 0.29) is 50.5 Å². The van der Waals surface area contributed by atoms with Gasteiger partial charge < -0.3 is 19.8 Å². The first-order chi connectivity index (χ1) is 16.3. The molecule has 2 amide bonds. The van der Waals surface area contributed by atoms with Crippen LogP contribution in [-0.2, 0) is 16.6 Å². The quantitative estimate of drug-likeness (QED) is 0.401. The average Bonchev–Trinajstić information content (AvgIpc) is 2.77. The van der Waals surface area contributed by atoms with Crippen LogP contribution < -0.4 is 25.5 Å². The summed E-state index contributed by atoms with van der Waals surface area (Å²) in [5, 5.41) is 0.183. The van der Waals surface area contributed by atoms with Gasteiger partial charge in [0.2, 0.25) is 5.91 Å². The van der Waals surface area contributed by atoms with Crippen LogP contribution in [0, 0.1) is 6.92 Å². The Labute approximate surface area is 206 Å². The number of aryl methyl sites for hydroxylation is 1. The van der Waals surface area contributed by atoms with E-state index in [0.717, 1.165) is 0 Å². The number of nitrogens with zero attached hydrogens (tertiary/aromatic N) is 1. The predicted molar refractivity (Wildman–Crippen MR) is 131 cm³/mol. The van der Waals surface area contributed by atoms with Crippen LogP contribution in [0.2, 0.25) is 5.02 Å². The molecule has 13 heteroatoms. The molecule has 0 unspecified atom stereocenters. The van der Waals surface area contributed by atoms with E-state index < -0.39 is 27.8 Å². The molecule has 0 radical (unpaired) electrons. The Morgan fingerprint density at radius 1 is 1.23 bits per heavy atom. The molecule has 0 aliphatic rings. The van der Waals surface area contributed by atoms with Crippen LogP contribution in [0.3, 0.4) is 0 Å². The fraction of sp³-hybridized carbons (Fsp3) is 0.227. The van der Waals surface area contributed by atoms with Gasteiger partial charge in [0.15, 0.2) is 5.75 Å². The predicted octanol–water partition coefficient (Wildman–Crippen LogP) is 2.38. The lowest BCUT2D eigenvalue weighted by molar-refractivity contribution is 0.1000. The number of fused-ring (bicyclic) bond motifs is 1. The molecule has 4 N–H and O–H groups in total. The Balaban J connectivity index is 2.16. The molecule has 1 heterocycles. The van der Waals surface area contributed by atoms with Gasteiger partial charge in [-0.2, -0.15) is 8.42 Å². The molecular formula is C22H23ClN4O7S. The van der Waals surface area contributed by atoms with E-state index in [1.54, 1.807) is 12.1 Å². The number of hydrogen-bond acceptors (Lipinski definition) is 7. The molecule has 0 atom stereocenters. The van der Waals surface area contributed by atoms with Gasteiger partial charge in [-0.3, -0.25) is 9.52 Å². The first-order valence-electron chi connectivity index (χ1n) is 10.1. The van der Waals surface area contributed by atoms with Crippen molar-refractivity contribution in [3.8, 4) is 5.75 Å². The number of nitrogens with two attached hydrogens (primary N) is 1. The van der Waals surface area contributed by atoms with Gasteiger partial charge in [0.25, 0.3) is 10.2 Å². The molecule has 2 aromatic carbocycles. The molecular weight excluding hydrogens is 500 g/mol. The number of rotatable bonds is 7. The minimum atomic E-state index is -3.76. The number of nitrogens with one attached hydrogen (secondary N) is 2. The SMILES string of the molecule is CNS(=O)(=O)Nc1cccc(Cc2c(C(N)=O)c3cc(Cl)c(OC(=O)N(C)C)c(C)c3oc2=O)c1. The Hall–Kier alpha value is -3.61. The van der Waals surface area contributed by atoms with Crippen molar-refractivity contribution < 1.29 is 27.2 Å². The molecule has 0 fully saturated rings. The summed E-state index contributed by atoms with van der Waals surface area (Å²) in [7, 11) is 0.477. The first-order valence-corrected chi connectivity index (χ1v) is 12.0. The van der Waals surface area contributed by atoms with Crippen molar-refractivity contribution in [1.82, 2.24) is 9.62 Å². The Morgan fingerprint density at radius 3 is 2.51 bits per heavy atom. The van der Waals surface area contributed by atoms with Crippen LogP contribution in [0.1, 0.15) is 27.0 Å². The molecule has 3 aromatic rings. The van der Waals surface area contributed by atoms with Crippen LogP contribution >= 0.6 is 11.6 Å². The van der Waals surface area contributed by atoms with E-state index >= 15 is 0 Å². The van der Waals surface area contributed by atoms with Gasteiger partial charge in [-0.1, -0.05) is 23.7 Å². The third kappa shape index (κ3) is 5.56. The highest BCUT2D eigenvalue weighted by Gasteiger charge is 2.24. The van der Waals surface area contributed by atoms with Gasteiger partial charge in [-0.15, -0.1) is 0 Å². The lowest BCUT2D eigenvalue weighted by Gasteiger charge is -2.16. The molecule has 0 aliphatic heterocycles. The van der Waals surface area contributed by atoms with Gasteiger partial charge in [0.05, 0.1) is 21.8 Å². The summed E-state index contributed by atoms with van der Waals surface area (Å²) in [5.41, 5.74) is 5.65. The van der Waals surface area contributed by atoms with Crippen molar-refractivity contribution in [2.45, 2.75) is 13.3 Å². The Kier molecular flexibility index (Phi) is 7.38. The number of amides is 2. The van der Waals surface area contributed by atoms with Gasteiger partial charge in [0, 0.05) is 38.5 Å². The Morgan fingerprint density at radius 2 is 1.91 bits per heavy atom. The van der Waals surface area contributed by atoms with E-state index in [1.807, 2.05) is 0 Å². The van der Waals surface area contributed by atoms with Gasteiger partial charge in [0.1, 0.15) is 5.58 Å². The second-order valence-electron chi connectivity index (χ2n) is 7.75. The van der Waals surface area contributed by atoms with Gasteiger partial charge >= 0.3 is 11.7 Å². The van der Waals surface area contributed by atoms with Crippen LogP contribution in [0.25, 0.3) is 11.0 Å². The standard InChI is InChI=1S/C22H23ClN4O7S/c1-11-18-14(10-16(23)19(11)34-22(30)27(3)4)17(20(24)28)15(21(29)33-18)9-12-6-5-7-13(8-12)26-35(31,32)25-2/h5-8,10,25-26H,9H2,1-4H3,(H2,24,28). The van der Waals surface area contributed by atoms with Crippen LogP contribution in [-0.4, -0.2) is 46.5 Å². The van der Waals surface area contributed by atoms with E-state index in [2.05, 4.69) is 9.44 Å². The van der Waals surface area contributed by atoms with Gasteiger partial charge in [-0.25, -0.2) is 14.3 Å². The summed E-state index contributed by atoms with van der Waals surface area (Å²) in [5.74, 6) is -0.910. The largest absolute Gasteiger partial charge is 0.422 e. The van der Waals surface area contributed by atoms with Crippen molar-refractivity contribution >= 4 is 50.5 Å². The summed E-state index contributed by atoms with van der Waals surface area (Å²) in [4.78, 5) is 38.6. The lowest BCUT2D eigenvalue weighted by Crippen LogP contribution is -2.26. The van der Waals surface area contributed by atoms with Crippen LogP contribution in [0.5, 0.6) is 5.75 Å². The topological polar surface area (TPSA) is 161 Å². The highest BCUT2D eigenvalue weighted by atomic mass is 35.5. The molecule has 0 spiro atoms. The summed E-state index contributed by atoms with van der Waals surface area (Å²) >= 11 is 6.34. The van der Waals surface area contributed by atoms with Crippen molar-refractivity contribution in [2.75, 3.05) is 25.9 Å². The highest BCUT2D eigenvalue weighted by molar-refractivity contribution is 7.90. The summed E-state index contributed by atoms with van der Waals surface area (Å²) in [6.07, 6.45) is -0.781. The fourth-order valence-electron chi connectivity index (χ4n) is 3.38. The zero-order chi connectivity index (χ0) is 26.1. The number of benzene rings is 2. The lowest BCUT2D eigenvalue weighted by atomic mass is 9.96. The zero-order valence-electron chi connectivity index (χ0n) is 19.3. The van der Waals surface area contributed by atoms with Crippen molar-refractivity contribution in [1.29, 1.82) is 0 Å². The number of primary amides is 1.